The summed E-state index contributed by atoms with van der Waals surface area (Å²) in [6.45, 7) is 6.99. The molecule has 1 saturated heterocycles. The van der Waals surface area contributed by atoms with Crippen molar-refractivity contribution < 1.29 is 9.53 Å². The molecule has 7 heteroatoms. The van der Waals surface area contributed by atoms with Gasteiger partial charge in [-0.1, -0.05) is 0 Å². The molecule has 2 aromatic heterocycles. The fraction of sp³-hybridized carbons (Fsp3) is 0.526. The highest BCUT2D eigenvalue weighted by atomic mass is 16.6. The number of nitrogens with one attached hydrogen (secondary N) is 1. The maximum atomic E-state index is 12.4. The number of hydrogen-bond donors (Lipinski definition) is 1. The Labute approximate surface area is 154 Å². The Kier molecular flexibility index (Phi) is 5.15. The van der Waals surface area contributed by atoms with Gasteiger partial charge in [-0.15, -0.1) is 0 Å². The number of aryl methyl sites for hydroxylation is 1. The summed E-state index contributed by atoms with van der Waals surface area (Å²) in [6.07, 6.45) is 7.17. The molecule has 0 aliphatic carbocycles. The molecule has 0 aromatic carbocycles. The van der Waals surface area contributed by atoms with Crippen LogP contribution in [0.4, 0.5) is 10.6 Å². The summed E-state index contributed by atoms with van der Waals surface area (Å²) in [4.78, 5) is 23.0. The van der Waals surface area contributed by atoms with Crippen LogP contribution in [0.2, 0.25) is 0 Å². The van der Waals surface area contributed by atoms with Gasteiger partial charge in [-0.3, -0.25) is 0 Å². The highest BCUT2D eigenvalue weighted by Crippen LogP contribution is 2.26. The lowest BCUT2D eigenvalue weighted by Crippen LogP contribution is -2.47. The summed E-state index contributed by atoms with van der Waals surface area (Å²) in [5.41, 5.74) is 1.36. The van der Waals surface area contributed by atoms with E-state index in [9.17, 15) is 4.79 Å². The van der Waals surface area contributed by atoms with E-state index in [0.717, 1.165) is 36.5 Å². The molecule has 1 fully saturated rings. The third kappa shape index (κ3) is 4.53. The van der Waals surface area contributed by atoms with Gasteiger partial charge in [0.2, 0.25) is 0 Å². The van der Waals surface area contributed by atoms with Gasteiger partial charge in [0.15, 0.2) is 0 Å². The van der Waals surface area contributed by atoms with Gasteiger partial charge in [-0.05, 0) is 45.7 Å². The average Bonchev–Trinajstić information content (AvgIpc) is 3.00. The van der Waals surface area contributed by atoms with Crippen LogP contribution in [0, 0.1) is 0 Å². The first kappa shape index (κ1) is 18.2. The normalized spacial score (nSPS) is 17.8. The lowest BCUT2D eigenvalue weighted by molar-refractivity contribution is 0.0206. The van der Waals surface area contributed by atoms with E-state index in [1.165, 1.54) is 0 Å². The molecule has 26 heavy (non-hydrogen) atoms. The van der Waals surface area contributed by atoms with Crippen LogP contribution in [0.5, 0.6) is 0 Å². The number of anilines is 1. The molecule has 140 valence electrons. The number of piperidine rings is 1. The van der Waals surface area contributed by atoms with Gasteiger partial charge in [-0.25, -0.2) is 14.8 Å². The molecule has 1 amide bonds. The number of rotatable bonds is 3. The second kappa shape index (κ2) is 7.35. The lowest BCUT2D eigenvalue weighted by Gasteiger charge is -2.34. The number of nitrogens with zero attached hydrogens (tertiary/aromatic N) is 4. The molecule has 1 aliphatic heterocycles. The monoisotopic (exact) mass is 357 g/mol. The van der Waals surface area contributed by atoms with Crippen molar-refractivity contribution in [3.63, 3.8) is 0 Å². The second-order valence-electron chi connectivity index (χ2n) is 7.73. The molecule has 2 aromatic rings. The fourth-order valence-electron chi connectivity index (χ4n) is 3.06. The minimum Gasteiger partial charge on any atom is -0.444 e. The number of aromatic nitrogens is 3. The zero-order chi connectivity index (χ0) is 18.7. The summed E-state index contributed by atoms with van der Waals surface area (Å²) >= 11 is 0. The number of imidazole rings is 1. The molecule has 0 spiro atoms. The van der Waals surface area contributed by atoms with Crippen LogP contribution in [0.15, 0.2) is 30.9 Å². The van der Waals surface area contributed by atoms with Crippen LogP contribution in [-0.4, -0.2) is 50.3 Å². The van der Waals surface area contributed by atoms with E-state index >= 15 is 0 Å². The number of carbonyl (C=O) groups excluding carboxylic acids is 1. The topological polar surface area (TPSA) is 72.3 Å². The van der Waals surface area contributed by atoms with Crippen LogP contribution in [0.1, 0.15) is 33.6 Å². The molecule has 3 heterocycles. The molecular weight excluding hydrogens is 330 g/mol. The summed E-state index contributed by atoms with van der Waals surface area (Å²) in [5, 5.41) is 3.50. The third-order valence-corrected chi connectivity index (χ3v) is 4.20. The van der Waals surface area contributed by atoms with Crippen molar-refractivity contribution in [2.45, 2.75) is 45.3 Å². The molecule has 0 saturated carbocycles. The van der Waals surface area contributed by atoms with Crippen LogP contribution in [0.25, 0.3) is 11.3 Å². The summed E-state index contributed by atoms with van der Waals surface area (Å²) < 4.78 is 7.42. The first-order valence-electron chi connectivity index (χ1n) is 8.99. The van der Waals surface area contributed by atoms with Crippen molar-refractivity contribution in [1.82, 2.24) is 19.4 Å². The van der Waals surface area contributed by atoms with E-state index in [2.05, 4.69) is 15.3 Å². The first-order chi connectivity index (χ1) is 12.3. The second-order valence-corrected chi connectivity index (χ2v) is 7.73. The molecule has 0 radical (unpaired) electrons. The maximum absolute atomic E-state index is 12.4. The Balaban J connectivity index is 1.70. The summed E-state index contributed by atoms with van der Waals surface area (Å²) in [7, 11) is 1.94. The van der Waals surface area contributed by atoms with Crippen LogP contribution in [-0.2, 0) is 11.8 Å². The number of likely N-dealkylation sites (tertiary alicyclic amines) is 1. The standard InChI is InChI=1S/C19H27N5O2/c1-19(2,3)26-18(25)24-10-6-7-14(11-24)22-17-15(8-5-9-20-17)16-12-23(4)13-21-16/h5,8-9,12-14H,6-7,10-11H2,1-4H3,(H,20,22)/t14-/m1/s1. The van der Waals surface area contributed by atoms with Crippen molar-refractivity contribution in [2.24, 2.45) is 7.05 Å². The Hall–Kier alpha value is -2.57. The molecular formula is C19H27N5O2. The predicted octanol–water partition coefficient (Wildman–Crippen LogP) is 3.29. The smallest absolute Gasteiger partial charge is 0.410 e. The predicted molar refractivity (Wildman–Crippen MR) is 101 cm³/mol. The quantitative estimate of drug-likeness (QED) is 0.912. The zero-order valence-corrected chi connectivity index (χ0v) is 15.9. The van der Waals surface area contributed by atoms with E-state index in [4.69, 9.17) is 4.74 Å². The van der Waals surface area contributed by atoms with E-state index in [0.29, 0.717) is 6.54 Å². The molecule has 0 unspecified atom stereocenters. The number of carbonyl (C=O) groups is 1. The molecule has 0 bridgehead atoms. The van der Waals surface area contributed by atoms with Gasteiger partial charge >= 0.3 is 6.09 Å². The Morgan fingerprint density at radius 2 is 2.15 bits per heavy atom. The molecule has 1 N–H and O–H groups in total. The van der Waals surface area contributed by atoms with Crippen LogP contribution < -0.4 is 5.32 Å². The minimum absolute atomic E-state index is 0.133. The van der Waals surface area contributed by atoms with Crippen LogP contribution in [0.3, 0.4) is 0 Å². The van der Waals surface area contributed by atoms with Gasteiger partial charge in [0, 0.05) is 44.1 Å². The molecule has 3 rings (SSSR count). The number of hydrogen-bond acceptors (Lipinski definition) is 5. The highest BCUT2D eigenvalue weighted by Gasteiger charge is 2.28. The third-order valence-electron chi connectivity index (χ3n) is 4.20. The van der Waals surface area contributed by atoms with E-state index in [1.54, 1.807) is 17.4 Å². The van der Waals surface area contributed by atoms with Crippen molar-refractivity contribution in [3.05, 3.63) is 30.9 Å². The maximum Gasteiger partial charge on any atom is 0.410 e. The van der Waals surface area contributed by atoms with Crippen molar-refractivity contribution in [2.75, 3.05) is 18.4 Å². The summed E-state index contributed by atoms with van der Waals surface area (Å²) in [6, 6.07) is 4.04. The number of amides is 1. The van der Waals surface area contributed by atoms with Crippen molar-refractivity contribution in [1.29, 1.82) is 0 Å². The van der Waals surface area contributed by atoms with E-state index < -0.39 is 5.60 Å². The van der Waals surface area contributed by atoms with Gasteiger partial charge < -0.3 is 19.5 Å². The fourth-order valence-corrected chi connectivity index (χ4v) is 3.06. The van der Waals surface area contributed by atoms with Crippen molar-refractivity contribution in [3.8, 4) is 11.3 Å². The highest BCUT2D eigenvalue weighted by molar-refractivity contribution is 5.72. The number of ether oxygens (including phenoxy) is 1. The Morgan fingerprint density at radius 3 is 2.85 bits per heavy atom. The van der Waals surface area contributed by atoms with Crippen LogP contribution >= 0.6 is 0 Å². The minimum atomic E-state index is -0.482. The van der Waals surface area contributed by atoms with Gasteiger partial charge in [-0.2, -0.15) is 0 Å². The molecule has 1 aliphatic rings. The Morgan fingerprint density at radius 1 is 1.35 bits per heavy atom. The SMILES string of the molecule is Cn1cnc(-c2cccnc2N[C@@H]2CCCN(C(=O)OC(C)(C)C)C2)c1. The number of pyridine rings is 1. The van der Waals surface area contributed by atoms with Gasteiger partial charge in [0.25, 0.3) is 0 Å². The largest absolute Gasteiger partial charge is 0.444 e. The van der Waals surface area contributed by atoms with E-state index in [-0.39, 0.29) is 12.1 Å². The average molecular weight is 357 g/mol. The zero-order valence-electron chi connectivity index (χ0n) is 15.9. The summed E-state index contributed by atoms with van der Waals surface area (Å²) in [5.74, 6) is 0.794. The lowest BCUT2D eigenvalue weighted by atomic mass is 10.1. The van der Waals surface area contributed by atoms with Crippen molar-refractivity contribution >= 4 is 11.9 Å². The Bertz CT molecular complexity index is 765. The van der Waals surface area contributed by atoms with E-state index in [1.807, 2.05) is 50.7 Å². The molecule has 1 atom stereocenters. The first-order valence-corrected chi connectivity index (χ1v) is 8.99. The van der Waals surface area contributed by atoms with Gasteiger partial charge in [0.05, 0.1) is 12.0 Å². The molecule has 7 nitrogen and oxygen atoms in total. The van der Waals surface area contributed by atoms with Gasteiger partial charge in [0.1, 0.15) is 11.4 Å².